The highest BCUT2D eigenvalue weighted by atomic mass is 32.2. The summed E-state index contributed by atoms with van der Waals surface area (Å²) in [7, 11) is -3.83. The number of rotatable bonds is 6. The summed E-state index contributed by atoms with van der Waals surface area (Å²) in [5, 5.41) is 0. The van der Waals surface area contributed by atoms with Crippen molar-refractivity contribution in [3.05, 3.63) is 101 Å². The van der Waals surface area contributed by atoms with Gasteiger partial charge in [-0.3, -0.25) is 4.98 Å². The zero-order valence-corrected chi connectivity index (χ0v) is 17.3. The SMILES string of the molecule is Cc1ccc(C(Cc2ccccc2)(NS(C)(=O)=O)c2cccc(C(F)(F)F)c2)nc1. The van der Waals surface area contributed by atoms with E-state index in [0.29, 0.717) is 5.69 Å². The number of benzene rings is 2. The highest BCUT2D eigenvalue weighted by Crippen LogP contribution is 2.37. The molecule has 3 aromatic rings. The number of pyridine rings is 1. The number of nitrogens with one attached hydrogen (secondary N) is 1. The Bertz CT molecular complexity index is 1120. The van der Waals surface area contributed by atoms with Crippen LogP contribution in [0.3, 0.4) is 0 Å². The Morgan fingerprint density at radius 1 is 0.933 bits per heavy atom. The zero-order valence-electron chi connectivity index (χ0n) is 16.4. The molecule has 1 N–H and O–H groups in total. The van der Waals surface area contributed by atoms with Crippen LogP contribution in [0.1, 0.15) is 27.9 Å². The maximum Gasteiger partial charge on any atom is 0.416 e. The lowest BCUT2D eigenvalue weighted by Crippen LogP contribution is -2.48. The first-order chi connectivity index (χ1) is 14.0. The number of alkyl halides is 3. The highest BCUT2D eigenvalue weighted by molar-refractivity contribution is 7.88. The van der Waals surface area contributed by atoms with Gasteiger partial charge in [0.05, 0.1) is 17.5 Å². The molecule has 30 heavy (non-hydrogen) atoms. The van der Waals surface area contributed by atoms with Crippen molar-refractivity contribution >= 4 is 10.0 Å². The van der Waals surface area contributed by atoms with Crippen LogP contribution in [-0.2, 0) is 28.2 Å². The number of hydrogen-bond acceptors (Lipinski definition) is 3. The molecule has 0 aliphatic rings. The average molecular weight is 434 g/mol. The van der Waals surface area contributed by atoms with Crippen LogP contribution < -0.4 is 4.72 Å². The van der Waals surface area contributed by atoms with Gasteiger partial charge >= 0.3 is 6.18 Å². The van der Waals surface area contributed by atoms with Gasteiger partial charge in [0.25, 0.3) is 0 Å². The molecule has 0 saturated carbocycles. The highest BCUT2D eigenvalue weighted by Gasteiger charge is 2.40. The maximum atomic E-state index is 13.4. The maximum absolute atomic E-state index is 13.4. The molecule has 0 aliphatic carbocycles. The molecule has 0 radical (unpaired) electrons. The predicted octanol–water partition coefficient (Wildman–Crippen LogP) is 4.44. The van der Waals surface area contributed by atoms with Gasteiger partial charge in [-0.05, 0) is 41.8 Å². The van der Waals surface area contributed by atoms with Crippen LogP contribution in [0.2, 0.25) is 0 Å². The number of sulfonamides is 1. The van der Waals surface area contributed by atoms with Gasteiger partial charge in [-0.1, -0.05) is 48.5 Å². The second-order valence-electron chi connectivity index (χ2n) is 7.24. The quantitative estimate of drug-likeness (QED) is 0.624. The van der Waals surface area contributed by atoms with Gasteiger partial charge < -0.3 is 0 Å². The minimum absolute atomic E-state index is 0.0816. The molecule has 2 aromatic carbocycles. The molecule has 0 bridgehead atoms. The Morgan fingerprint density at radius 2 is 1.60 bits per heavy atom. The minimum atomic E-state index is -4.57. The van der Waals surface area contributed by atoms with Crippen molar-refractivity contribution in [1.29, 1.82) is 0 Å². The third-order valence-electron chi connectivity index (χ3n) is 4.70. The normalized spacial score (nSPS) is 14.3. The molecular weight excluding hydrogens is 413 g/mol. The molecule has 1 unspecified atom stereocenters. The monoisotopic (exact) mass is 434 g/mol. The van der Waals surface area contributed by atoms with Crippen molar-refractivity contribution in [1.82, 2.24) is 9.71 Å². The van der Waals surface area contributed by atoms with Crippen molar-refractivity contribution in [3.63, 3.8) is 0 Å². The number of aromatic nitrogens is 1. The third-order valence-corrected chi connectivity index (χ3v) is 5.42. The number of halogens is 3. The van der Waals surface area contributed by atoms with Crippen LogP contribution in [-0.4, -0.2) is 19.7 Å². The van der Waals surface area contributed by atoms with E-state index < -0.39 is 27.3 Å². The third kappa shape index (κ3) is 5.06. The van der Waals surface area contributed by atoms with E-state index in [1.54, 1.807) is 42.6 Å². The summed E-state index contributed by atoms with van der Waals surface area (Å²) in [5.41, 5.74) is -0.335. The first kappa shape index (κ1) is 22.0. The van der Waals surface area contributed by atoms with Crippen LogP contribution in [0.4, 0.5) is 13.2 Å². The van der Waals surface area contributed by atoms with Crippen molar-refractivity contribution in [2.75, 3.05) is 6.26 Å². The molecule has 0 spiro atoms. The molecule has 3 rings (SSSR count). The van der Waals surface area contributed by atoms with Gasteiger partial charge in [-0.15, -0.1) is 0 Å². The first-order valence-electron chi connectivity index (χ1n) is 9.13. The van der Waals surface area contributed by atoms with Gasteiger partial charge in [-0.25, -0.2) is 8.42 Å². The van der Waals surface area contributed by atoms with E-state index in [2.05, 4.69) is 9.71 Å². The summed E-state index contributed by atoms with van der Waals surface area (Å²) in [4.78, 5) is 4.39. The summed E-state index contributed by atoms with van der Waals surface area (Å²) in [6, 6.07) is 17.0. The van der Waals surface area contributed by atoms with Crippen LogP contribution >= 0.6 is 0 Å². The molecule has 1 atom stereocenters. The summed E-state index contributed by atoms with van der Waals surface area (Å²) < 4.78 is 67.6. The molecular formula is C22H21F3N2O2S. The number of hydrogen-bond donors (Lipinski definition) is 1. The summed E-state index contributed by atoms with van der Waals surface area (Å²) >= 11 is 0. The summed E-state index contributed by atoms with van der Waals surface area (Å²) in [5.74, 6) is 0. The Kier molecular flexibility index (Phi) is 6.01. The predicted molar refractivity (Wildman–Crippen MR) is 109 cm³/mol. The van der Waals surface area contributed by atoms with E-state index in [1.807, 2.05) is 13.0 Å². The lowest BCUT2D eigenvalue weighted by Gasteiger charge is -2.35. The van der Waals surface area contributed by atoms with Crippen molar-refractivity contribution in [3.8, 4) is 0 Å². The van der Waals surface area contributed by atoms with Gasteiger partial charge in [0.15, 0.2) is 0 Å². The topological polar surface area (TPSA) is 59.1 Å². The molecule has 1 heterocycles. The Hall–Kier alpha value is -2.71. The summed E-state index contributed by atoms with van der Waals surface area (Å²) in [6.07, 6.45) is -1.94. The van der Waals surface area contributed by atoms with Crippen LogP contribution in [0.15, 0.2) is 72.9 Å². The Balaban J connectivity index is 2.31. The molecule has 1 aromatic heterocycles. The van der Waals surface area contributed by atoms with E-state index >= 15 is 0 Å². The molecule has 8 heteroatoms. The van der Waals surface area contributed by atoms with E-state index in [0.717, 1.165) is 29.5 Å². The largest absolute Gasteiger partial charge is 0.416 e. The van der Waals surface area contributed by atoms with Crippen molar-refractivity contribution in [2.45, 2.75) is 25.1 Å². The first-order valence-corrected chi connectivity index (χ1v) is 11.0. The Labute approximate surface area is 173 Å². The molecule has 0 fully saturated rings. The van der Waals surface area contributed by atoms with E-state index in [9.17, 15) is 21.6 Å². The average Bonchev–Trinajstić information content (AvgIpc) is 2.67. The fraction of sp³-hybridized carbons (Fsp3) is 0.227. The fourth-order valence-corrected chi connectivity index (χ4v) is 4.32. The van der Waals surface area contributed by atoms with Gasteiger partial charge in [-0.2, -0.15) is 17.9 Å². The molecule has 4 nitrogen and oxygen atoms in total. The molecule has 0 saturated heterocycles. The van der Waals surface area contributed by atoms with Gasteiger partial charge in [0.1, 0.15) is 5.54 Å². The lowest BCUT2D eigenvalue weighted by atomic mass is 9.81. The van der Waals surface area contributed by atoms with Crippen LogP contribution in [0.25, 0.3) is 0 Å². The molecule has 0 amide bonds. The van der Waals surface area contributed by atoms with Crippen LogP contribution in [0, 0.1) is 6.92 Å². The minimum Gasteiger partial charge on any atom is -0.259 e. The number of nitrogens with zero attached hydrogens (tertiary/aromatic N) is 1. The summed E-state index contributed by atoms with van der Waals surface area (Å²) in [6.45, 7) is 1.82. The van der Waals surface area contributed by atoms with E-state index in [4.69, 9.17) is 0 Å². The van der Waals surface area contributed by atoms with E-state index in [-0.39, 0.29) is 12.0 Å². The van der Waals surface area contributed by atoms with Gasteiger partial charge in [0.2, 0.25) is 10.0 Å². The van der Waals surface area contributed by atoms with Gasteiger partial charge in [0, 0.05) is 12.6 Å². The standard InChI is InChI=1S/C22H21F3N2O2S/c1-16-11-12-20(26-15-16)21(27-30(2,28)29,14-17-7-4-3-5-8-17)18-9-6-10-19(13-18)22(23,24)25/h3-13,15,27H,14H2,1-2H3. The van der Waals surface area contributed by atoms with Crippen molar-refractivity contribution < 1.29 is 21.6 Å². The Morgan fingerprint density at radius 3 is 2.17 bits per heavy atom. The smallest absolute Gasteiger partial charge is 0.259 e. The zero-order chi connectivity index (χ0) is 22.0. The fourth-order valence-electron chi connectivity index (χ4n) is 3.39. The second kappa shape index (κ2) is 8.20. The number of aryl methyl sites for hydroxylation is 1. The second-order valence-corrected chi connectivity index (χ2v) is 8.99. The molecule has 0 aliphatic heterocycles. The van der Waals surface area contributed by atoms with E-state index in [1.165, 1.54) is 12.1 Å². The molecule has 158 valence electrons. The lowest BCUT2D eigenvalue weighted by molar-refractivity contribution is -0.137. The van der Waals surface area contributed by atoms with Crippen LogP contribution in [0.5, 0.6) is 0 Å². The van der Waals surface area contributed by atoms with Crippen molar-refractivity contribution in [2.24, 2.45) is 0 Å².